The van der Waals surface area contributed by atoms with E-state index in [0.29, 0.717) is 22.7 Å². The van der Waals surface area contributed by atoms with Crippen molar-refractivity contribution in [2.24, 2.45) is 11.7 Å². The van der Waals surface area contributed by atoms with Crippen LogP contribution in [-0.2, 0) is 11.2 Å². The lowest BCUT2D eigenvalue weighted by Gasteiger charge is -2.14. The lowest BCUT2D eigenvalue weighted by Crippen LogP contribution is -2.37. The smallest absolute Gasteiger partial charge is 0.254 e. The molecule has 2 amide bonds. The molecule has 0 aliphatic carbocycles. The number of hydrogen-bond donors (Lipinski definition) is 2. The van der Waals surface area contributed by atoms with Gasteiger partial charge in [0.15, 0.2) is 0 Å². The minimum atomic E-state index is -0.618. The number of aromatic nitrogens is 2. The number of carbonyl (C=O) groups is 2. The van der Waals surface area contributed by atoms with Gasteiger partial charge in [-0.2, -0.15) is 5.10 Å². The Hall–Kier alpha value is -3.19. The molecule has 1 atom stereocenters. The van der Waals surface area contributed by atoms with Crippen LogP contribution in [0.15, 0.2) is 54.7 Å². The number of rotatable bonds is 7. The summed E-state index contributed by atoms with van der Waals surface area (Å²) in [4.78, 5) is 24.4. The van der Waals surface area contributed by atoms with E-state index >= 15 is 0 Å². The molecule has 29 heavy (non-hydrogen) atoms. The molecule has 1 heterocycles. The first-order valence-corrected chi connectivity index (χ1v) is 9.35. The molecule has 0 bridgehead atoms. The lowest BCUT2D eigenvalue weighted by atomic mass is 9.98. The summed E-state index contributed by atoms with van der Waals surface area (Å²) in [5, 5.41) is 7.56. The number of halogens is 2. The number of nitrogens with one attached hydrogen (secondary N) is 1. The molecule has 3 N–H and O–H groups in total. The number of hydrogen-bond acceptors (Lipinski definition) is 3. The van der Waals surface area contributed by atoms with Gasteiger partial charge < -0.3 is 11.1 Å². The third-order valence-electron chi connectivity index (χ3n) is 4.61. The van der Waals surface area contributed by atoms with Gasteiger partial charge in [-0.25, -0.2) is 9.07 Å². The second-order valence-corrected chi connectivity index (χ2v) is 7.11. The molecule has 0 aliphatic rings. The van der Waals surface area contributed by atoms with Gasteiger partial charge >= 0.3 is 0 Å². The summed E-state index contributed by atoms with van der Waals surface area (Å²) in [6.45, 7) is 1.83. The Morgan fingerprint density at radius 2 is 1.97 bits per heavy atom. The van der Waals surface area contributed by atoms with Crippen LogP contribution < -0.4 is 11.1 Å². The Morgan fingerprint density at radius 1 is 1.24 bits per heavy atom. The van der Waals surface area contributed by atoms with E-state index in [9.17, 15) is 14.0 Å². The maximum atomic E-state index is 13.0. The van der Waals surface area contributed by atoms with E-state index in [2.05, 4.69) is 10.4 Å². The van der Waals surface area contributed by atoms with Crippen LogP contribution in [0.1, 0.15) is 21.6 Å². The second-order valence-electron chi connectivity index (χ2n) is 6.68. The Balaban J connectivity index is 1.69. The molecule has 1 aromatic heterocycles. The van der Waals surface area contributed by atoms with Gasteiger partial charge in [0, 0.05) is 11.6 Å². The summed E-state index contributed by atoms with van der Waals surface area (Å²) >= 11 is 6.02. The molecule has 6 nitrogen and oxygen atoms in total. The first kappa shape index (κ1) is 20.5. The van der Waals surface area contributed by atoms with Crippen LogP contribution in [-0.4, -0.2) is 28.1 Å². The van der Waals surface area contributed by atoms with E-state index in [4.69, 9.17) is 17.3 Å². The van der Waals surface area contributed by atoms with Crippen molar-refractivity contribution in [2.75, 3.05) is 6.54 Å². The number of carbonyl (C=O) groups excluding carboxylic acids is 2. The average Bonchev–Trinajstić information content (AvgIpc) is 3.07. The molecule has 0 fully saturated rings. The highest BCUT2D eigenvalue weighted by molar-refractivity contribution is 6.30. The van der Waals surface area contributed by atoms with Crippen molar-refractivity contribution < 1.29 is 14.0 Å². The minimum Gasteiger partial charge on any atom is -0.369 e. The largest absolute Gasteiger partial charge is 0.369 e. The van der Waals surface area contributed by atoms with Crippen molar-refractivity contribution >= 4 is 23.4 Å². The SMILES string of the molecule is Cc1c(C(=O)NCC(Cc2ccc(F)cc2)C(N)=O)cnn1-c1cccc(Cl)c1. The average molecular weight is 415 g/mol. The van der Waals surface area contributed by atoms with Gasteiger partial charge in [-0.05, 0) is 49.2 Å². The second kappa shape index (κ2) is 8.87. The van der Waals surface area contributed by atoms with E-state index in [0.717, 1.165) is 11.3 Å². The van der Waals surface area contributed by atoms with Gasteiger partial charge in [0.25, 0.3) is 5.91 Å². The van der Waals surface area contributed by atoms with Crippen LogP contribution in [0.4, 0.5) is 4.39 Å². The summed E-state index contributed by atoms with van der Waals surface area (Å²) in [7, 11) is 0. The zero-order valence-electron chi connectivity index (χ0n) is 15.7. The first-order chi connectivity index (χ1) is 13.8. The number of amides is 2. The minimum absolute atomic E-state index is 0.0628. The third-order valence-corrected chi connectivity index (χ3v) is 4.85. The standard InChI is InChI=1S/C21H20ClFN4O2/c1-13-19(12-26-27(13)18-4-2-3-16(22)10-18)21(29)25-11-15(20(24)28)9-14-5-7-17(23)8-6-14/h2-8,10,12,15H,9,11H2,1H3,(H2,24,28)(H,25,29). The molecule has 0 spiro atoms. The molecule has 0 aliphatic heterocycles. The number of nitrogens with zero attached hydrogens (tertiary/aromatic N) is 2. The summed E-state index contributed by atoms with van der Waals surface area (Å²) in [6.07, 6.45) is 1.77. The van der Waals surface area contributed by atoms with Crippen molar-refractivity contribution in [1.82, 2.24) is 15.1 Å². The molecule has 3 aromatic rings. The van der Waals surface area contributed by atoms with Gasteiger partial charge in [-0.3, -0.25) is 9.59 Å². The van der Waals surface area contributed by atoms with Gasteiger partial charge in [-0.1, -0.05) is 29.8 Å². The Kier molecular flexibility index (Phi) is 6.29. The van der Waals surface area contributed by atoms with Crippen LogP contribution in [0.3, 0.4) is 0 Å². The van der Waals surface area contributed by atoms with Crippen LogP contribution >= 0.6 is 11.6 Å². The van der Waals surface area contributed by atoms with Gasteiger partial charge in [0.2, 0.25) is 5.91 Å². The lowest BCUT2D eigenvalue weighted by molar-refractivity contribution is -0.121. The molecule has 0 saturated heterocycles. The maximum absolute atomic E-state index is 13.0. The normalized spacial score (nSPS) is 11.8. The monoisotopic (exact) mass is 414 g/mol. The van der Waals surface area contributed by atoms with Crippen molar-refractivity contribution in [3.05, 3.63) is 82.4 Å². The zero-order valence-corrected chi connectivity index (χ0v) is 16.5. The first-order valence-electron chi connectivity index (χ1n) is 8.97. The molecule has 0 saturated carbocycles. The fourth-order valence-corrected chi connectivity index (χ4v) is 3.17. The number of primary amides is 1. The van der Waals surface area contributed by atoms with Crippen molar-refractivity contribution in [1.29, 1.82) is 0 Å². The summed E-state index contributed by atoms with van der Waals surface area (Å²) < 4.78 is 14.7. The number of benzene rings is 2. The molecule has 0 radical (unpaired) electrons. The maximum Gasteiger partial charge on any atom is 0.254 e. The van der Waals surface area contributed by atoms with E-state index < -0.39 is 11.8 Å². The Labute approximate surface area is 172 Å². The summed E-state index contributed by atoms with van der Waals surface area (Å²) in [5.74, 6) is -1.88. The highest BCUT2D eigenvalue weighted by Crippen LogP contribution is 2.18. The molecule has 2 aromatic carbocycles. The Bertz CT molecular complexity index is 1030. The molecular weight excluding hydrogens is 395 g/mol. The topological polar surface area (TPSA) is 90.0 Å². The van der Waals surface area contributed by atoms with Crippen molar-refractivity contribution in [3.8, 4) is 5.69 Å². The molecule has 8 heteroatoms. The third kappa shape index (κ3) is 5.00. The fraction of sp³-hybridized carbons (Fsp3) is 0.190. The fourth-order valence-electron chi connectivity index (χ4n) is 2.99. The van der Waals surface area contributed by atoms with Gasteiger partial charge in [0.05, 0.1) is 29.1 Å². The van der Waals surface area contributed by atoms with Gasteiger partial charge in [-0.15, -0.1) is 0 Å². The highest BCUT2D eigenvalue weighted by atomic mass is 35.5. The highest BCUT2D eigenvalue weighted by Gasteiger charge is 2.20. The van der Waals surface area contributed by atoms with Crippen LogP contribution in [0.25, 0.3) is 5.69 Å². The van der Waals surface area contributed by atoms with E-state index in [1.165, 1.54) is 18.3 Å². The molecule has 150 valence electrons. The molecule has 1 unspecified atom stereocenters. The molecular formula is C21H20ClFN4O2. The van der Waals surface area contributed by atoms with E-state index in [-0.39, 0.29) is 18.3 Å². The quantitative estimate of drug-likeness (QED) is 0.622. The zero-order chi connectivity index (χ0) is 21.0. The molecule has 3 rings (SSSR count). The van der Waals surface area contributed by atoms with Gasteiger partial charge in [0.1, 0.15) is 5.82 Å². The number of nitrogens with two attached hydrogens (primary N) is 1. The van der Waals surface area contributed by atoms with Crippen molar-refractivity contribution in [2.45, 2.75) is 13.3 Å². The summed E-state index contributed by atoms with van der Waals surface area (Å²) in [5.41, 5.74) is 7.99. The van der Waals surface area contributed by atoms with Crippen LogP contribution in [0.2, 0.25) is 5.02 Å². The van der Waals surface area contributed by atoms with Crippen LogP contribution in [0, 0.1) is 18.7 Å². The van der Waals surface area contributed by atoms with E-state index in [1.807, 2.05) is 6.07 Å². The predicted octanol–water partition coefficient (Wildman–Crippen LogP) is 3.05. The van der Waals surface area contributed by atoms with E-state index in [1.54, 1.807) is 41.9 Å². The Morgan fingerprint density at radius 3 is 2.62 bits per heavy atom. The van der Waals surface area contributed by atoms with Crippen LogP contribution in [0.5, 0.6) is 0 Å². The van der Waals surface area contributed by atoms with Crippen molar-refractivity contribution in [3.63, 3.8) is 0 Å². The summed E-state index contributed by atoms with van der Waals surface area (Å²) in [6, 6.07) is 12.9. The predicted molar refractivity (Wildman–Crippen MR) is 108 cm³/mol.